The maximum absolute atomic E-state index is 6.01. The molecule has 0 saturated heterocycles. The standard InChI is InChI=1S/C23H25N7/c24-23-27-21-20(25-16-26-21)22(28-23)30-14-13-29(19-11-5-4-10-18(19)15-30)12-6-9-17-7-2-1-3-8-17/h1-5,7-8,10-11,16H,6,9,12-15H2,(H3,24,25,26,27,28)/p+1. The highest BCUT2D eigenvalue weighted by molar-refractivity contribution is 5.81. The molecule has 2 aromatic carbocycles. The van der Waals surface area contributed by atoms with Gasteiger partial charge in [-0.1, -0.05) is 53.5 Å². The predicted molar refractivity (Wildman–Crippen MR) is 119 cm³/mol. The highest BCUT2D eigenvalue weighted by Gasteiger charge is 2.25. The minimum absolute atomic E-state index is 0.377. The average Bonchev–Trinajstić information content (AvgIpc) is 3.16. The molecule has 1 aliphatic rings. The first-order chi connectivity index (χ1) is 14.8. The zero-order chi connectivity index (χ0) is 20.3. The molecule has 0 bridgehead atoms. The third-order valence-electron chi connectivity index (χ3n) is 5.71. The molecule has 5 rings (SSSR count). The molecule has 4 aromatic rings. The summed E-state index contributed by atoms with van der Waals surface area (Å²) in [5, 5.41) is 0. The van der Waals surface area contributed by atoms with E-state index in [4.69, 9.17) is 5.73 Å². The fourth-order valence-electron chi connectivity index (χ4n) is 4.25. The van der Waals surface area contributed by atoms with Crippen LogP contribution in [-0.2, 0) is 13.0 Å². The molecule has 152 valence electrons. The molecule has 0 amide bonds. The molecule has 0 atom stereocenters. The number of hydrogen-bond donors (Lipinski definition) is 2. The molecule has 4 N–H and O–H groups in total. The van der Waals surface area contributed by atoms with Crippen LogP contribution < -0.4 is 20.5 Å². The summed E-state index contributed by atoms with van der Waals surface area (Å²) in [5.74, 6) is 1.32. The zero-order valence-electron chi connectivity index (χ0n) is 16.9. The lowest BCUT2D eigenvalue weighted by Crippen LogP contribution is -2.35. The van der Waals surface area contributed by atoms with Crippen molar-refractivity contribution in [1.29, 1.82) is 0 Å². The van der Waals surface area contributed by atoms with E-state index in [9.17, 15) is 0 Å². The minimum Gasteiger partial charge on any atom is -0.368 e. The Morgan fingerprint density at radius 2 is 1.87 bits per heavy atom. The molecule has 3 heterocycles. The summed E-state index contributed by atoms with van der Waals surface area (Å²) in [6, 6.07) is 19.4. The van der Waals surface area contributed by atoms with Crippen molar-refractivity contribution in [2.75, 3.05) is 35.2 Å². The number of nitrogens with one attached hydrogen (secondary N) is 2. The lowest BCUT2D eigenvalue weighted by Gasteiger charge is -2.24. The van der Waals surface area contributed by atoms with Gasteiger partial charge in [0.15, 0.2) is 5.52 Å². The van der Waals surface area contributed by atoms with Crippen LogP contribution in [0.4, 0.5) is 17.5 Å². The fraction of sp³-hybridized carbons (Fsp3) is 0.261. The zero-order valence-corrected chi connectivity index (χ0v) is 16.9. The second-order valence-corrected chi connectivity index (χ2v) is 7.70. The van der Waals surface area contributed by atoms with E-state index in [1.54, 1.807) is 6.33 Å². The van der Waals surface area contributed by atoms with Crippen LogP contribution in [0, 0.1) is 0 Å². The Morgan fingerprint density at radius 3 is 2.77 bits per heavy atom. The Hall–Kier alpha value is -3.61. The van der Waals surface area contributed by atoms with Crippen LogP contribution in [0.5, 0.6) is 0 Å². The van der Waals surface area contributed by atoms with Gasteiger partial charge in [0.2, 0.25) is 11.5 Å². The molecule has 0 aliphatic carbocycles. The maximum atomic E-state index is 6.01. The number of benzene rings is 2. The summed E-state index contributed by atoms with van der Waals surface area (Å²) in [7, 11) is 0. The Kier molecular flexibility index (Phi) is 4.93. The van der Waals surface area contributed by atoms with Gasteiger partial charge in [-0.3, -0.25) is 0 Å². The van der Waals surface area contributed by atoms with Crippen molar-refractivity contribution in [1.82, 2.24) is 15.0 Å². The second-order valence-electron chi connectivity index (χ2n) is 7.70. The van der Waals surface area contributed by atoms with E-state index in [1.165, 1.54) is 16.8 Å². The van der Waals surface area contributed by atoms with Crippen molar-refractivity contribution in [2.24, 2.45) is 0 Å². The van der Waals surface area contributed by atoms with Crippen LogP contribution in [-0.4, -0.2) is 34.6 Å². The number of aryl methyl sites for hydroxylation is 1. The molecule has 2 aromatic heterocycles. The highest BCUT2D eigenvalue weighted by atomic mass is 15.3. The number of nitrogens with zero attached hydrogens (tertiary/aromatic N) is 4. The van der Waals surface area contributed by atoms with Crippen molar-refractivity contribution >= 4 is 28.6 Å². The number of aromatic amines is 2. The Morgan fingerprint density at radius 1 is 1.03 bits per heavy atom. The van der Waals surface area contributed by atoms with Gasteiger partial charge in [0, 0.05) is 24.3 Å². The Bertz CT molecular complexity index is 1140. The number of anilines is 3. The maximum Gasteiger partial charge on any atom is 0.344 e. The summed E-state index contributed by atoms with van der Waals surface area (Å²) in [5.41, 5.74) is 11.6. The van der Waals surface area contributed by atoms with Crippen molar-refractivity contribution in [3.05, 3.63) is 72.1 Å². The van der Waals surface area contributed by atoms with Gasteiger partial charge in [0.25, 0.3) is 0 Å². The number of imidazole rings is 1. The number of rotatable bonds is 5. The van der Waals surface area contributed by atoms with Gasteiger partial charge in [-0.05, 0) is 24.5 Å². The lowest BCUT2D eigenvalue weighted by molar-refractivity contribution is -0.348. The smallest absolute Gasteiger partial charge is 0.344 e. The first kappa shape index (κ1) is 18.4. The van der Waals surface area contributed by atoms with Gasteiger partial charge in [-0.25, -0.2) is 9.97 Å². The van der Waals surface area contributed by atoms with Crippen LogP contribution in [0.15, 0.2) is 60.9 Å². The molecule has 7 heteroatoms. The van der Waals surface area contributed by atoms with E-state index in [2.05, 4.69) is 84.3 Å². The topological polar surface area (TPSA) is 88.2 Å². The van der Waals surface area contributed by atoms with Crippen LogP contribution in [0.25, 0.3) is 11.2 Å². The van der Waals surface area contributed by atoms with E-state index in [-0.39, 0.29) is 0 Å². The van der Waals surface area contributed by atoms with E-state index in [0.29, 0.717) is 11.6 Å². The number of nitrogen functional groups attached to an aromatic ring is 1. The molecular formula is C23H26N7+. The Balaban J connectivity index is 1.39. The van der Waals surface area contributed by atoms with Gasteiger partial charge in [0.05, 0.1) is 19.4 Å². The molecule has 0 saturated carbocycles. The predicted octanol–water partition coefficient (Wildman–Crippen LogP) is 2.81. The number of aromatic nitrogens is 4. The van der Waals surface area contributed by atoms with Gasteiger partial charge >= 0.3 is 5.95 Å². The van der Waals surface area contributed by atoms with Crippen molar-refractivity contribution in [3.63, 3.8) is 0 Å². The van der Waals surface area contributed by atoms with Crippen molar-refractivity contribution < 1.29 is 4.98 Å². The quantitative estimate of drug-likeness (QED) is 0.538. The Labute approximate surface area is 175 Å². The first-order valence-electron chi connectivity index (χ1n) is 10.4. The summed E-state index contributed by atoms with van der Waals surface area (Å²) in [6.07, 6.45) is 3.88. The lowest BCUT2D eigenvalue weighted by atomic mass is 10.1. The van der Waals surface area contributed by atoms with E-state index in [0.717, 1.165) is 50.4 Å². The van der Waals surface area contributed by atoms with Gasteiger partial charge < -0.3 is 20.5 Å². The van der Waals surface area contributed by atoms with E-state index >= 15 is 0 Å². The molecule has 7 nitrogen and oxygen atoms in total. The molecule has 0 spiro atoms. The largest absolute Gasteiger partial charge is 0.368 e. The van der Waals surface area contributed by atoms with Crippen LogP contribution in [0.3, 0.4) is 0 Å². The normalized spacial score (nSPS) is 14.0. The summed E-state index contributed by atoms with van der Waals surface area (Å²) in [4.78, 5) is 19.9. The molecule has 0 fully saturated rings. The first-order valence-corrected chi connectivity index (χ1v) is 10.4. The SMILES string of the molecule is Nc1nc2nc[nH]c2c(N2CCN(CCCc3ccccc3)c3ccccc3C2)[nH+]1. The third kappa shape index (κ3) is 3.66. The summed E-state index contributed by atoms with van der Waals surface area (Å²) < 4.78 is 0. The third-order valence-corrected chi connectivity index (χ3v) is 5.71. The highest BCUT2D eigenvalue weighted by Crippen LogP contribution is 2.28. The molecule has 0 unspecified atom stereocenters. The number of nitrogens with two attached hydrogens (primary N) is 1. The number of H-pyrrole nitrogens is 2. The molecule has 1 aliphatic heterocycles. The van der Waals surface area contributed by atoms with Crippen molar-refractivity contribution in [2.45, 2.75) is 19.4 Å². The summed E-state index contributed by atoms with van der Waals surface area (Å²) >= 11 is 0. The fourth-order valence-corrected chi connectivity index (χ4v) is 4.25. The monoisotopic (exact) mass is 400 g/mol. The van der Waals surface area contributed by atoms with E-state index in [1.807, 2.05) is 0 Å². The minimum atomic E-state index is 0.377. The van der Waals surface area contributed by atoms with Gasteiger partial charge in [-0.15, -0.1) is 0 Å². The second kappa shape index (κ2) is 8.02. The average molecular weight is 401 g/mol. The molecule has 30 heavy (non-hydrogen) atoms. The van der Waals surface area contributed by atoms with Crippen LogP contribution in [0.2, 0.25) is 0 Å². The van der Waals surface area contributed by atoms with E-state index < -0.39 is 0 Å². The number of fused-ring (bicyclic) bond motifs is 2. The van der Waals surface area contributed by atoms with Crippen molar-refractivity contribution in [3.8, 4) is 0 Å². The van der Waals surface area contributed by atoms with Gasteiger partial charge in [-0.2, -0.15) is 0 Å². The van der Waals surface area contributed by atoms with Gasteiger partial charge in [0.1, 0.15) is 0 Å². The summed E-state index contributed by atoms with van der Waals surface area (Å²) in [6.45, 7) is 3.66. The molecular weight excluding hydrogens is 374 g/mol. The number of para-hydroxylation sites is 1. The van der Waals surface area contributed by atoms with Crippen LogP contribution in [0.1, 0.15) is 17.5 Å². The van der Waals surface area contributed by atoms with Crippen LogP contribution >= 0.6 is 0 Å². The number of hydrogen-bond acceptors (Lipinski definition) is 5. The molecule has 0 radical (unpaired) electrons.